The zero-order valence-electron chi connectivity index (χ0n) is 8.42. The lowest BCUT2D eigenvalue weighted by molar-refractivity contribution is 0.0406. The Morgan fingerprint density at radius 3 is 2.77 bits per heavy atom. The highest BCUT2D eigenvalue weighted by molar-refractivity contribution is 5.51. The smallest absolute Gasteiger partial charge is 0.201 e. The van der Waals surface area contributed by atoms with Crippen LogP contribution in [-0.2, 0) is 9.53 Å². The molecule has 0 aliphatic heterocycles. The van der Waals surface area contributed by atoms with Crippen molar-refractivity contribution in [2.45, 2.75) is 51.6 Å². The van der Waals surface area contributed by atoms with Gasteiger partial charge in [-0.2, -0.15) is 0 Å². The fourth-order valence-electron chi connectivity index (χ4n) is 1.50. The fraction of sp³-hybridized carbons (Fsp3) is 0.909. The van der Waals surface area contributed by atoms with Crippen molar-refractivity contribution in [1.29, 1.82) is 0 Å². The molecule has 0 heterocycles. The third-order valence-corrected chi connectivity index (χ3v) is 2.51. The molecule has 0 bridgehead atoms. The number of hydrogen-bond donors (Lipinski definition) is 0. The first-order chi connectivity index (χ1) is 6.38. The molecule has 0 aromatic carbocycles. The van der Waals surface area contributed by atoms with Crippen molar-refractivity contribution in [2.24, 2.45) is 5.92 Å². The van der Waals surface area contributed by atoms with Crippen LogP contribution in [0.5, 0.6) is 0 Å². The first kappa shape index (κ1) is 10.7. The zero-order chi connectivity index (χ0) is 9.52. The molecule has 1 radical (unpaired) electrons. The van der Waals surface area contributed by atoms with Crippen molar-refractivity contribution in [2.75, 3.05) is 6.61 Å². The fourth-order valence-corrected chi connectivity index (χ4v) is 1.50. The van der Waals surface area contributed by atoms with Gasteiger partial charge in [0.1, 0.15) is 0 Å². The van der Waals surface area contributed by atoms with Crippen LogP contribution in [0.4, 0.5) is 0 Å². The third kappa shape index (κ3) is 4.41. The molecule has 0 aromatic heterocycles. The Morgan fingerprint density at radius 1 is 1.46 bits per heavy atom. The van der Waals surface area contributed by atoms with Gasteiger partial charge in [0.2, 0.25) is 6.29 Å². The van der Waals surface area contributed by atoms with Crippen LogP contribution in [0.3, 0.4) is 0 Å². The van der Waals surface area contributed by atoms with E-state index < -0.39 is 0 Å². The van der Waals surface area contributed by atoms with Crippen molar-refractivity contribution in [3.05, 3.63) is 0 Å². The zero-order valence-corrected chi connectivity index (χ0v) is 8.42. The van der Waals surface area contributed by atoms with Gasteiger partial charge in [-0.25, -0.2) is 0 Å². The van der Waals surface area contributed by atoms with Crippen LogP contribution in [0.2, 0.25) is 0 Å². The molecule has 0 amide bonds. The first-order valence-corrected chi connectivity index (χ1v) is 5.35. The van der Waals surface area contributed by atoms with Crippen LogP contribution in [0.25, 0.3) is 0 Å². The summed E-state index contributed by atoms with van der Waals surface area (Å²) in [6.45, 7) is 2.99. The lowest BCUT2D eigenvalue weighted by Gasteiger charge is -2.13. The molecule has 1 aliphatic carbocycles. The van der Waals surface area contributed by atoms with Crippen molar-refractivity contribution in [3.8, 4) is 0 Å². The summed E-state index contributed by atoms with van der Waals surface area (Å²) in [5.74, 6) is 0.656. The number of carbonyl (C=O) groups excluding carboxylic acids is 1. The molecule has 1 rings (SSSR count). The van der Waals surface area contributed by atoms with E-state index in [9.17, 15) is 4.79 Å². The predicted octanol–water partition coefficient (Wildman–Crippen LogP) is 2.47. The Kier molecular flexibility index (Phi) is 5.06. The highest BCUT2D eigenvalue weighted by Crippen LogP contribution is 2.35. The summed E-state index contributed by atoms with van der Waals surface area (Å²) in [5.41, 5.74) is 0. The molecule has 1 saturated carbocycles. The van der Waals surface area contributed by atoms with Gasteiger partial charge in [0.25, 0.3) is 0 Å². The monoisotopic (exact) mass is 183 g/mol. The summed E-state index contributed by atoms with van der Waals surface area (Å²) >= 11 is 0. The molecule has 0 aromatic rings. The van der Waals surface area contributed by atoms with Gasteiger partial charge in [-0.1, -0.05) is 19.8 Å². The molecule has 1 unspecified atom stereocenters. The van der Waals surface area contributed by atoms with Gasteiger partial charge < -0.3 is 4.74 Å². The lowest BCUT2D eigenvalue weighted by atomic mass is 10.2. The van der Waals surface area contributed by atoms with Crippen molar-refractivity contribution in [1.82, 2.24) is 0 Å². The van der Waals surface area contributed by atoms with Crippen LogP contribution in [0, 0.1) is 5.92 Å². The van der Waals surface area contributed by atoms with Crippen LogP contribution >= 0.6 is 0 Å². The van der Waals surface area contributed by atoms with Gasteiger partial charge in [0, 0.05) is 13.0 Å². The van der Waals surface area contributed by atoms with E-state index in [1.807, 2.05) is 6.29 Å². The van der Waals surface area contributed by atoms with Gasteiger partial charge in [0.15, 0.2) is 0 Å². The molecule has 2 heteroatoms. The molecular weight excluding hydrogens is 164 g/mol. The van der Waals surface area contributed by atoms with Crippen molar-refractivity contribution >= 4 is 6.29 Å². The Labute approximate surface area is 80.7 Å². The van der Waals surface area contributed by atoms with Gasteiger partial charge in [-0.3, -0.25) is 4.79 Å². The standard InChI is InChI=1S/C11H19O2/c1-2-3-4-9-13-11(7-8-12)10-5-6-10/h10-11H,2-7,9H2,1H3. The Morgan fingerprint density at radius 2 is 2.23 bits per heavy atom. The topological polar surface area (TPSA) is 26.3 Å². The number of rotatable bonds is 8. The Bertz CT molecular complexity index is 141. The summed E-state index contributed by atoms with van der Waals surface area (Å²) in [6.07, 6.45) is 8.64. The minimum Gasteiger partial charge on any atom is -0.377 e. The third-order valence-electron chi connectivity index (χ3n) is 2.51. The average Bonchev–Trinajstić information content (AvgIpc) is 2.93. The Balaban J connectivity index is 2.03. The molecule has 1 fully saturated rings. The summed E-state index contributed by atoms with van der Waals surface area (Å²) in [4.78, 5) is 10.2. The average molecular weight is 183 g/mol. The highest BCUT2D eigenvalue weighted by atomic mass is 16.5. The minimum atomic E-state index is 0.175. The van der Waals surface area contributed by atoms with Gasteiger partial charge >= 0.3 is 0 Å². The second kappa shape index (κ2) is 6.14. The van der Waals surface area contributed by atoms with E-state index in [1.165, 1.54) is 25.7 Å². The predicted molar refractivity (Wildman–Crippen MR) is 52.3 cm³/mol. The number of ether oxygens (including phenoxy) is 1. The normalized spacial score (nSPS) is 18.5. The maximum absolute atomic E-state index is 10.2. The summed E-state index contributed by atoms with van der Waals surface area (Å²) in [6, 6.07) is 0. The second-order valence-corrected chi connectivity index (χ2v) is 3.80. The minimum absolute atomic E-state index is 0.175. The summed E-state index contributed by atoms with van der Waals surface area (Å²) in [5, 5.41) is 0. The van der Waals surface area contributed by atoms with Crippen molar-refractivity contribution < 1.29 is 9.53 Å². The van der Waals surface area contributed by atoms with E-state index in [0.29, 0.717) is 12.3 Å². The summed E-state index contributed by atoms with van der Waals surface area (Å²) < 4.78 is 5.65. The lowest BCUT2D eigenvalue weighted by Crippen LogP contribution is -2.16. The highest BCUT2D eigenvalue weighted by Gasteiger charge is 2.31. The summed E-state index contributed by atoms with van der Waals surface area (Å²) in [7, 11) is 0. The molecule has 2 nitrogen and oxygen atoms in total. The van der Waals surface area contributed by atoms with E-state index >= 15 is 0 Å². The molecule has 0 N–H and O–H groups in total. The van der Waals surface area contributed by atoms with E-state index in [0.717, 1.165) is 13.0 Å². The number of hydrogen-bond acceptors (Lipinski definition) is 2. The quantitative estimate of drug-likeness (QED) is 0.540. The first-order valence-electron chi connectivity index (χ1n) is 5.35. The molecule has 75 valence electrons. The second-order valence-electron chi connectivity index (χ2n) is 3.80. The molecule has 1 aliphatic rings. The number of unbranched alkanes of at least 4 members (excludes halogenated alkanes) is 2. The maximum Gasteiger partial charge on any atom is 0.201 e. The molecule has 0 spiro atoms. The van der Waals surface area contributed by atoms with Crippen LogP contribution < -0.4 is 0 Å². The van der Waals surface area contributed by atoms with E-state index in [2.05, 4.69) is 6.92 Å². The van der Waals surface area contributed by atoms with Crippen LogP contribution in [0.1, 0.15) is 45.4 Å². The molecule has 0 saturated heterocycles. The van der Waals surface area contributed by atoms with Gasteiger partial charge in [-0.05, 0) is 25.2 Å². The van der Waals surface area contributed by atoms with E-state index in [1.54, 1.807) is 0 Å². The van der Waals surface area contributed by atoms with E-state index in [4.69, 9.17) is 4.74 Å². The van der Waals surface area contributed by atoms with Gasteiger partial charge in [-0.15, -0.1) is 0 Å². The van der Waals surface area contributed by atoms with E-state index in [-0.39, 0.29) is 6.10 Å². The SMILES string of the molecule is CCCCCOC(C[C]=O)C1CC1. The molecule has 1 atom stereocenters. The maximum atomic E-state index is 10.2. The van der Waals surface area contributed by atoms with Gasteiger partial charge in [0.05, 0.1) is 6.10 Å². The molecular formula is C11H19O2. The van der Waals surface area contributed by atoms with Crippen molar-refractivity contribution in [3.63, 3.8) is 0 Å². The van der Waals surface area contributed by atoms with Crippen LogP contribution in [0.15, 0.2) is 0 Å². The largest absolute Gasteiger partial charge is 0.377 e. The molecule has 13 heavy (non-hydrogen) atoms. The Hall–Kier alpha value is -0.370. The van der Waals surface area contributed by atoms with Crippen LogP contribution in [-0.4, -0.2) is 19.0 Å².